The molecule has 3 heterocycles. The number of hydrogen-bond donors (Lipinski definition) is 1. The second kappa shape index (κ2) is 9.33. The number of amides is 1. The van der Waals surface area contributed by atoms with Crippen LogP contribution in [0.3, 0.4) is 0 Å². The fourth-order valence-electron chi connectivity index (χ4n) is 4.54. The summed E-state index contributed by atoms with van der Waals surface area (Å²) in [6, 6.07) is 11.1. The molecule has 1 N–H and O–H groups in total. The topological polar surface area (TPSA) is 123 Å². The molecule has 1 unspecified atom stereocenters. The van der Waals surface area contributed by atoms with Crippen LogP contribution in [-0.2, 0) is 17.7 Å². The maximum absolute atomic E-state index is 14.8. The molecule has 36 heavy (non-hydrogen) atoms. The van der Waals surface area contributed by atoms with Gasteiger partial charge in [-0.3, -0.25) is 14.2 Å². The standard InChI is InChI=1S/C25H23FN6O4/c1-3-36-25(35)22-29-28-21-13-31(12-14(2)32(21)22)24(34)18-10-15(8-9-19(18)26)11-20-16-6-4-5-7-17(16)23(33)30-27-20/h4-10,14H,3,11-13H2,1-2H3,(H,30,33). The van der Waals surface area contributed by atoms with Gasteiger partial charge in [0.25, 0.3) is 11.5 Å². The molecule has 1 amide bonds. The first-order valence-corrected chi connectivity index (χ1v) is 11.5. The van der Waals surface area contributed by atoms with Crippen LogP contribution in [0, 0.1) is 5.82 Å². The van der Waals surface area contributed by atoms with Crippen molar-refractivity contribution in [1.82, 2.24) is 29.9 Å². The van der Waals surface area contributed by atoms with E-state index in [-0.39, 0.29) is 42.7 Å². The molecule has 0 saturated carbocycles. The van der Waals surface area contributed by atoms with E-state index in [1.165, 1.54) is 17.0 Å². The molecule has 10 nitrogen and oxygen atoms in total. The van der Waals surface area contributed by atoms with Crippen LogP contribution in [-0.4, -0.2) is 54.9 Å². The van der Waals surface area contributed by atoms with Crippen LogP contribution in [0.2, 0.25) is 0 Å². The van der Waals surface area contributed by atoms with Crippen molar-refractivity contribution in [3.8, 4) is 0 Å². The van der Waals surface area contributed by atoms with Gasteiger partial charge in [0.1, 0.15) is 5.82 Å². The predicted molar refractivity (Wildman–Crippen MR) is 127 cm³/mol. The average Bonchev–Trinajstić information content (AvgIpc) is 3.32. The van der Waals surface area contributed by atoms with Gasteiger partial charge >= 0.3 is 5.97 Å². The highest BCUT2D eigenvalue weighted by Crippen LogP contribution is 2.25. The normalized spacial score (nSPS) is 15.1. The lowest BCUT2D eigenvalue weighted by Crippen LogP contribution is -2.41. The number of H-pyrrole nitrogens is 1. The van der Waals surface area contributed by atoms with Crippen LogP contribution in [0.25, 0.3) is 10.8 Å². The van der Waals surface area contributed by atoms with Crippen molar-refractivity contribution in [2.45, 2.75) is 32.9 Å². The number of rotatable bonds is 5. The van der Waals surface area contributed by atoms with Gasteiger partial charge in [0.05, 0.1) is 35.8 Å². The lowest BCUT2D eigenvalue weighted by atomic mass is 10.0. The van der Waals surface area contributed by atoms with Crippen molar-refractivity contribution < 1.29 is 18.7 Å². The van der Waals surface area contributed by atoms with Crippen LogP contribution < -0.4 is 5.56 Å². The van der Waals surface area contributed by atoms with Crippen molar-refractivity contribution in [2.24, 2.45) is 0 Å². The van der Waals surface area contributed by atoms with E-state index >= 15 is 0 Å². The average molecular weight is 490 g/mol. The van der Waals surface area contributed by atoms with E-state index in [1.807, 2.05) is 13.0 Å². The number of halogens is 1. The van der Waals surface area contributed by atoms with Gasteiger partial charge in [0.15, 0.2) is 5.82 Å². The Morgan fingerprint density at radius 1 is 1.17 bits per heavy atom. The van der Waals surface area contributed by atoms with E-state index in [2.05, 4.69) is 20.4 Å². The molecule has 5 rings (SSSR count). The molecule has 0 aliphatic carbocycles. The zero-order valence-corrected chi connectivity index (χ0v) is 19.7. The van der Waals surface area contributed by atoms with Crippen molar-refractivity contribution in [3.05, 3.63) is 87.1 Å². The molecular weight excluding hydrogens is 467 g/mol. The van der Waals surface area contributed by atoms with E-state index in [1.54, 1.807) is 35.8 Å². The molecule has 1 aliphatic rings. The molecule has 1 atom stereocenters. The van der Waals surface area contributed by atoms with Crippen LogP contribution in [0.1, 0.15) is 57.9 Å². The second-order valence-electron chi connectivity index (χ2n) is 8.60. The van der Waals surface area contributed by atoms with E-state index in [4.69, 9.17) is 4.74 Å². The summed E-state index contributed by atoms with van der Waals surface area (Å²) in [4.78, 5) is 39.1. The first-order valence-electron chi connectivity index (χ1n) is 11.5. The summed E-state index contributed by atoms with van der Waals surface area (Å²) in [5, 5.41) is 15.9. The van der Waals surface area contributed by atoms with Gasteiger partial charge in [-0.25, -0.2) is 14.3 Å². The zero-order chi connectivity index (χ0) is 25.4. The molecule has 1 aliphatic heterocycles. The highest BCUT2D eigenvalue weighted by atomic mass is 19.1. The largest absolute Gasteiger partial charge is 0.460 e. The van der Waals surface area contributed by atoms with Crippen LogP contribution in [0.5, 0.6) is 0 Å². The van der Waals surface area contributed by atoms with Crippen LogP contribution >= 0.6 is 0 Å². The van der Waals surface area contributed by atoms with Gasteiger partial charge in [0.2, 0.25) is 5.82 Å². The number of hydrogen-bond acceptors (Lipinski definition) is 7. The number of carbonyl (C=O) groups excluding carboxylic acids is 2. The third-order valence-electron chi connectivity index (χ3n) is 6.18. The Balaban J connectivity index is 1.42. The fraction of sp³-hybridized carbons (Fsp3) is 0.280. The minimum Gasteiger partial charge on any atom is -0.460 e. The van der Waals surface area contributed by atoms with Gasteiger partial charge in [-0.15, -0.1) is 10.2 Å². The Kier molecular flexibility index (Phi) is 6.05. The smallest absolute Gasteiger partial charge is 0.376 e. The van der Waals surface area contributed by atoms with Crippen molar-refractivity contribution in [3.63, 3.8) is 0 Å². The van der Waals surface area contributed by atoms with E-state index in [0.29, 0.717) is 34.3 Å². The molecule has 0 spiro atoms. The third kappa shape index (κ3) is 4.12. The molecule has 4 aromatic rings. The lowest BCUT2D eigenvalue weighted by Gasteiger charge is -2.32. The number of benzene rings is 2. The lowest BCUT2D eigenvalue weighted by molar-refractivity contribution is 0.0496. The van der Waals surface area contributed by atoms with Gasteiger partial charge in [-0.2, -0.15) is 5.10 Å². The SMILES string of the molecule is CCOC(=O)c1nnc2n1C(C)CN(C(=O)c1cc(Cc3n[nH]c(=O)c4ccccc34)ccc1F)C2. The summed E-state index contributed by atoms with van der Waals surface area (Å²) in [5.41, 5.74) is 0.915. The molecular formula is C25H23FN6O4. The van der Waals surface area contributed by atoms with Gasteiger partial charge in [0, 0.05) is 18.4 Å². The number of aromatic nitrogens is 5. The fourth-order valence-corrected chi connectivity index (χ4v) is 4.54. The van der Waals surface area contributed by atoms with Gasteiger partial charge in [-0.1, -0.05) is 24.3 Å². The van der Waals surface area contributed by atoms with Crippen molar-refractivity contribution in [1.29, 1.82) is 0 Å². The quantitative estimate of drug-likeness (QED) is 0.427. The number of esters is 1. The van der Waals surface area contributed by atoms with E-state index in [0.717, 1.165) is 0 Å². The predicted octanol–water partition coefficient (Wildman–Crippen LogP) is 2.64. The number of nitrogens with zero attached hydrogens (tertiary/aromatic N) is 5. The molecule has 11 heteroatoms. The Hall–Kier alpha value is -4.41. The Labute approximate surface area is 204 Å². The summed E-state index contributed by atoms with van der Waals surface area (Å²) in [7, 11) is 0. The second-order valence-corrected chi connectivity index (χ2v) is 8.60. The van der Waals surface area contributed by atoms with Crippen LogP contribution in [0.4, 0.5) is 4.39 Å². The third-order valence-corrected chi connectivity index (χ3v) is 6.18. The molecule has 0 bridgehead atoms. The number of carbonyl (C=O) groups is 2. The number of ether oxygens (including phenoxy) is 1. The summed E-state index contributed by atoms with van der Waals surface area (Å²) < 4.78 is 21.5. The van der Waals surface area contributed by atoms with E-state index < -0.39 is 17.7 Å². The van der Waals surface area contributed by atoms with Crippen molar-refractivity contribution in [2.75, 3.05) is 13.2 Å². The molecule has 184 valence electrons. The summed E-state index contributed by atoms with van der Waals surface area (Å²) >= 11 is 0. The monoisotopic (exact) mass is 490 g/mol. The number of nitrogens with one attached hydrogen (secondary N) is 1. The first-order chi connectivity index (χ1) is 17.4. The number of fused-ring (bicyclic) bond motifs is 2. The minimum atomic E-state index is -0.644. The molecule has 2 aromatic heterocycles. The highest BCUT2D eigenvalue weighted by Gasteiger charge is 2.33. The summed E-state index contributed by atoms with van der Waals surface area (Å²) in [6.45, 7) is 4.06. The maximum Gasteiger partial charge on any atom is 0.376 e. The van der Waals surface area contributed by atoms with Crippen molar-refractivity contribution >= 4 is 22.6 Å². The maximum atomic E-state index is 14.8. The zero-order valence-electron chi connectivity index (χ0n) is 19.7. The first kappa shape index (κ1) is 23.3. The highest BCUT2D eigenvalue weighted by molar-refractivity contribution is 5.95. The Morgan fingerprint density at radius 3 is 2.72 bits per heavy atom. The van der Waals surface area contributed by atoms with Gasteiger partial charge < -0.3 is 9.64 Å². The molecule has 0 saturated heterocycles. The van der Waals surface area contributed by atoms with Gasteiger partial charge in [-0.05, 0) is 37.6 Å². The number of aromatic amines is 1. The van der Waals surface area contributed by atoms with E-state index in [9.17, 15) is 18.8 Å². The Bertz CT molecular complexity index is 1550. The molecule has 0 fully saturated rings. The molecule has 0 radical (unpaired) electrons. The minimum absolute atomic E-state index is 0.0748. The molecule has 2 aromatic carbocycles. The van der Waals surface area contributed by atoms with Crippen LogP contribution in [0.15, 0.2) is 47.3 Å². The summed E-state index contributed by atoms with van der Waals surface area (Å²) in [6.07, 6.45) is 0.297. The Morgan fingerprint density at radius 2 is 1.94 bits per heavy atom. The summed E-state index contributed by atoms with van der Waals surface area (Å²) in [5.74, 6) is -1.21.